The van der Waals surface area contributed by atoms with Gasteiger partial charge < -0.3 is 10.0 Å². The Bertz CT molecular complexity index is 1100. The number of nitrogens with zero attached hydrogens (tertiary/aromatic N) is 2. The fourth-order valence-corrected chi connectivity index (χ4v) is 5.43. The molecule has 8 heteroatoms. The second-order valence-electron chi connectivity index (χ2n) is 8.26. The molecule has 1 amide bonds. The highest BCUT2D eigenvalue weighted by Crippen LogP contribution is 2.31. The van der Waals surface area contributed by atoms with Crippen LogP contribution < -0.4 is 4.31 Å². The highest BCUT2D eigenvalue weighted by Gasteiger charge is 2.30. The Balaban J connectivity index is 1.43. The number of hydrogen-bond acceptors (Lipinski definition) is 5. The van der Waals surface area contributed by atoms with Crippen LogP contribution in [0.4, 0.5) is 5.69 Å². The van der Waals surface area contributed by atoms with E-state index in [1.165, 1.54) is 22.7 Å². The molecule has 0 saturated carbocycles. The lowest BCUT2D eigenvalue weighted by Gasteiger charge is -2.32. The van der Waals surface area contributed by atoms with E-state index in [1.807, 2.05) is 6.07 Å². The quantitative estimate of drug-likeness (QED) is 0.735. The maximum Gasteiger partial charge on any atom is 0.253 e. The van der Waals surface area contributed by atoms with E-state index in [4.69, 9.17) is 0 Å². The summed E-state index contributed by atoms with van der Waals surface area (Å²) in [5.74, 6) is -0.0568. The number of amides is 1. The van der Waals surface area contributed by atoms with E-state index in [2.05, 4.69) is 0 Å². The fraction of sp³-hybridized carbons (Fsp3) is 0.391. The first-order chi connectivity index (χ1) is 14.7. The lowest BCUT2D eigenvalue weighted by atomic mass is 9.88. The summed E-state index contributed by atoms with van der Waals surface area (Å²) >= 11 is 0. The third-order valence-corrected chi connectivity index (χ3v) is 7.29. The standard InChI is InChI=1S/C23H26N2O5S/c1-31(29,30)25-12-2-3-18-15-19(6-9-21(18)25)23(28)24-13-10-17(11-14-24)22(27)16-4-7-20(26)8-5-16/h4-9,15,17,26H,2-3,10-14H2,1H3. The molecule has 2 aromatic carbocycles. The van der Waals surface area contributed by atoms with Gasteiger partial charge in [-0.2, -0.15) is 0 Å². The van der Waals surface area contributed by atoms with Crippen molar-refractivity contribution in [2.45, 2.75) is 25.7 Å². The highest BCUT2D eigenvalue weighted by atomic mass is 32.2. The number of piperidine rings is 1. The topological polar surface area (TPSA) is 95.0 Å². The lowest BCUT2D eigenvalue weighted by molar-refractivity contribution is 0.0650. The molecular weight excluding hydrogens is 416 g/mol. The zero-order valence-electron chi connectivity index (χ0n) is 17.5. The average Bonchev–Trinajstić information content (AvgIpc) is 2.77. The molecule has 1 fully saturated rings. The minimum atomic E-state index is -3.34. The second kappa shape index (κ2) is 8.34. The normalized spacial score (nSPS) is 17.3. The van der Waals surface area contributed by atoms with E-state index < -0.39 is 10.0 Å². The van der Waals surface area contributed by atoms with Crippen molar-refractivity contribution in [3.8, 4) is 5.75 Å². The number of phenols is 1. The first-order valence-electron chi connectivity index (χ1n) is 10.5. The van der Waals surface area contributed by atoms with Gasteiger partial charge in [0.25, 0.3) is 5.91 Å². The largest absolute Gasteiger partial charge is 0.508 e. The van der Waals surface area contributed by atoms with Gasteiger partial charge in [0, 0.05) is 36.7 Å². The van der Waals surface area contributed by atoms with Crippen LogP contribution in [0.25, 0.3) is 0 Å². The van der Waals surface area contributed by atoms with Crippen LogP contribution in [0.1, 0.15) is 45.5 Å². The van der Waals surface area contributed by atoms with Crippen molar-refractivity contribution in [1.82, 2.24) is 4.90 Å². The molecule has 2 heterocycles. The van der Waals surface area contributed by atoms with Crippen molar-refractivity contribution in [2.24, 2.45) is 5.92 Å². The summed E-state index contributed by atoms with van der Waals surface area (Å²) in [6, 6.07) is 11.5. The van der Waals surface area contributed by atoms with Crippen LogP contribution in [0.5, 0.6) is 5.75 Å². The molecule has 0 radical (unpaired) electrons. The van der Waals surface area contributed by atoms with Gasteiger partial charge in [-0.15, -0.1) is 0 Å². The van der Waals surface area contributed by atoms with E-state index in [-0.39, 0.29) is 23.4 Å². The number of phenolic OH excluding ortho intramolecular Hbond substituents is 1. The van der Waals surface area contributed by atoms with E-state index in [1.54, 1.807) is 29.2 Å². The zero-order chi connectivity index (χ0) is 22.2. The Hall–Kier alpha value is -2.87. The molecule has 1 saturated heterocycles. The molecule has 4 rings (SSSR count). The van der Waals surface area contributed by atoms with Gasteiger partial charge in [-0.3, -0.25) is 13.9 Å². The van der Waals surface area contributed by atoms with E-state index >= 15 is 0 Å². The van der Waals surface area contributed by atoms with Crippen LogP contribution in [0.2, 0.25) is 0 Å². The van der Waals surface area contributed by atoms with Crippen molar-refractivity contribution < 1.29 is 23.1 Å². The zero-order valence-corrected chi connectivity index (χ0v) is 18.3. The smallest absolute Gasteiger partial charge is 0.253 e. The van der Waals surface area contributed by atoms with Gasteiger partial charge in [0.2, 0.25) is 10.0 Å². The monoisotopic (exact) mass is 442 g/mol. The molecule has 31 heavy (non-hydrogen) atoms. The molecule has 0 spiro atoms. The molecule has 2 aliphatic rings. The summed E-state index contributed by atoms with van der Waals surface area (Å²) < 4.78 is 25.5. The Morgan fingerprint density at radius 3 is 2.26 bits per heavy atom. The maximum absolute atomic E-state index is 13.0. The number of benzene rings is 2. The van der Waals surface area contributed by atoms with Crippen LogP contribution in [-0.4, -0.2) is 56.0 Å². The molecule has 164 valence electrons. The number of ketones is 1. The molecule has 1 N–H and O–H groups in total. The van der Waals surface area contributed by atoms with Gasteiger partial charge in [0.15, 0.2) is 5.78 Å². The van der Waals surface area contributed by atoms with Crippen LogP contribution in [0, 0.1) is 5.92 Å². The van der Waals surface area contributed by atoms with Gasteiger partial charge in [0.05, 0.1) is 11.9 Å². The number of rotatable bonds is 4. The predicted octanol–water partition coefficient (Wildman–Crippen LogP) is 2.84. The highest BCUT2D eigenvalue weighted by molar-refractivity contribution is 7.92. The minimum Gasteiger partial charge on any atom is -0.508 e. The summed E-state index contributed by atoms with van der Waals surface area (Å²) in [7, 11) is -3.34. The summed E-state index contributed by atoms with van der Waals surface area (Å²) in [6.45, 7) is 1.46. The fourth-order valence-electron chi connectivity index (χ4n) is 4.43. The molecular formula is C23H26N2O5S. The van der Waals surface area contributed by atoms with Crippen molar-refractivity contribution in [1.29, 1.82) is 0 Å². The number of carbonyl (C=O) groups excluding carboxylic acids is 2. The number of sulfonamides is 1. The lowest BCUT2D eigenvalue weighted by Crippen LogP contribution is -2.40. The Morgan fingerprint density at radius 2 is 1.61 bits per heavy atom. The van der Waals surface area contributed by atoms with Crippen LogP contribution in [0.3, 0.4) is 0 Å². The van der Waals surface area contributed by atoms with E-state index in [9.17, 15) is 23.1 Å². The number of carbonyl (C=O) groups is 2. The molecule has 0 unspecified atom stereocenters. The summed E-state index contributed by atoms with van der Waals surface area (Å²) in [6.07, 6.45) is 3.86. The SMILES string of the molecule is CS(=O)(=O)N1CCCc2cc(C(=O)N3CCC(C(=O)c4ccc(O)cc4)CC3)ccc21. The summed E-state index contributed by atoms with van der Waals surface area (Å²) in [5, 5.41) is 9.39. The van der Waals surface area contributed by atoms with Crippen molar-refractivity contribution in [3.63, 3.8) is 0 Å². The number of likely N-dealkylation sites (tertiary alicyclic amines) is 1. The average molecular weight is 443 g/mol. The number of Topliss-reactive ketones (excluding diaryl/α,β-unsaturated/α-hetero) is 1. The summed E-state index contributed by atoms with van der Waals surface area (Å²) in [4.78, 5) is 27.5. The van der Waals surface area contributed by atoms with Crippen molar-refractivity contribution in [3.05, 3.63) is 59.2 Å². The van der Waals surface area contributed by atoms with Gasteiger partial charge in [-0.25, -0.2) is 8.42 Å². The summed E-state index contributed by atoms with van der Waals surface area (Å²) in [5.41, 5.74) is 2.66. The third-order valence-electron chi connectivity index (χ3n) is 6.11. The Morgan fingerprint density at radius 1 is 0.968 bits per heavy atom. The second-order valence-corrected chi connectivity index (χ2v) is 10.2. The number of aryl methyl sites for hydroxylation is 1. The molecule has 0 bridgehead atoms. The first-order valence-corrected chi connectivity index (χ1v) is 12.3. The predicted molar refractivity (Wildman–Crippen MR) is 118 cm³/mol. The number of fused-ring (bicyclic) bond motifs is 1. The molecule has 7 nitrogen and oxygen atoms in total. The van der Waals surface area contributed by atoms with Gasteiger partial charge in [-0.1, -0.05) is 0 Å². The molecule has 0 atom stereocenters. The minimum absolute atomic E-state index is 0.0433. The molecule has 0 aromatic heterocycles. The molecule has 2 aromatic rings. The van der Waals surface area contributed by atoms with Gasteiger partial charge in [-0.05, 0) is 73.7 Å². The van der Waals surface area contributed by atoms with Crippen molar-refractivity contribution in [2.75, 3.05) is 30.2 Å². The number of anilines is 1. The Kier molecular flexibility index (Phi) is 5.75. The molecule has 2 aliphatic heterocycles. The van der Waals surface area contributed by atoms with Gasteiger partial charge in [0.1, 0.15) is 5.75 Å². The number of aromatic hydroxyl groups is 1. The van der Waals surface area contributed by atoms with Gasteiger partial charge >= 0.3 is 0 Å². The van der Waals surface area contributed by atoms with Crippen LogP contribution >= 0.6 is 0 Å². The third kappa shape index (κ3) is 4.44. The molecule has 0 aliphatic carbocycles. The number of hydrogen-bond donors (Lipinski definition) is 1. The van der Waals surface area contributed by atoms with Crippen LogP contribution in [-0.2, 0) is 16.4 Å². The Labute approximate surface area is 182 Å². The first kappa shape index (κ1) is 21.4. The maximum atomic E-state index is 13.0. The van der Waals surface area contributed by atoms with E-state index in [0.29, 0.717) is 49.3 Å². The van der Waals surface area contributed by atoms with E-state index in [0.717, 1.165) is 18.4 Å². The van der Waals surface area contributed by atoms with Crippen molar-refractivity contribution >= 4 is 27.4 Å². The van der Waals surface area contributed by atoms with Crippen LogP contribution in [0.15, 0.2) is 42.5 Å².